The molecule has 0 saturated carbocycles. The molecule has 0 aliphatic carbocycles. The summed E-state index contributed by atoms with van der Waals surface area (Å²) in [5, 5.41) is 6.16. The summed E-state index contributed by atoms with van der Waals surface area (Å²) in [4.78, 5) is 23.2. The second-order valence-electron chi connectivity index (χ2n) is 4.96. The largest absolute Gasteiger partial charge is 0.405 e. The molecule has 0 heterocycles. The third-order valence-electron chi connectivity index (χ3n) is 3.14. The molecule has 0 spiro atoms. The summed E-state index contributed by atoms with van der Waals surface area (Å²) >= 11 is 0. The summed E-state index contributed by atoms with van der Waals surface area (Å²) in [7, 11) is 0. The number of fused-ring (bicyclic) bond motifs is 1. The van der Waals surface area contributed by atoms with E-state index in [4.69, 9.17) is 0 Å². The highest BCUT2D eigenvalue weighted by Crippen LogP contribution is 2.15. The average molecular weight is 324 g/mol. The van der Waals surface area contributed by atoms with Crippen LogP contribution in [0.1, 0.15) is 16.8 Å². The van der Waals surface area contributed by atoms with Crippen LogP contribution < -0.4 is 10.6 Å². The Bertz CT molecular complexity index is 714. The molecule has 2 aromatic rings. The molecular weight excluding hydrogens is 309 g/mol. The predicted octanol–water partition coefficient (Wildman–Crippen LogP) is 2.64. The maximum absolute atomic E-state index is 12.0. The van der Waals surface area contributed by atoms with E-state index >= 15 is 0 Å². The number of nitrogens with one attached hydrogen (secondary N) is 2. The highest BCUT2D eigenvalue weighted by Gasteiger charge is 2.27. The van der Waals surface area contributed by atoms with E-state index in [-0.39, 0.29) is 18.9 Å². The Kier molecular flexibility index (Phi) is 5.20. The SMILES string of the molecule is O=C(CCNC(=O)c1ccc2ccccc2c1)NCC(F)(F)F. The fourth-order valence-electron chi connectivity index (χ4n) is 2.01. The first kappa shape index (κ1) is 16.8. The lowest BCUT2D eigenvalue weighted by atomic mass is 10.1. The van der Waals surface area contributed by atoms with Crippen LogP contribution in [0.4, 0.5) is 13.2 Å². The van der Waals surface area contributed by atoms with Crippen LogP contribution in [-0.4, -0.2) is 31.1 Å². The number of amides is 2. The Morgan fingerprint density at radius 1 is 0.957 bits per heavy atom. The number of halogens is 3. The molecule has 0 radical (unpaired) electrons. The van der Waals surface area contributed by atoms with Crippen LogP contribution in [0.5, 0.6) is 0 Å². The zero-order valence-corrected chi connectivity index (χ0v) is 12.1. The molecule has 0 unspecified atom stereocenters. The van der Waals surface area contributed by atoms with E-state index in [1.54, 1.807) is 23.5 Å². The fourth-order valence-corrected chi connectivity index (χ4v) is 2.01. The number of alkyl halides is 3. The summed E-state index contributed by atoms with van der Waals surface area (Å²) in [6, 6.07) is 12.7. The van der Waals surface area contributed by atoms with Crippen LogP contribution >= 0.6 is 0 Å². The van der Waals surface area contributed by atoms with Gasteiger partial charge in [0.25, 0.3) is 5.91 Å². The monoisotopic (exact) mass is 324 g/mol. The van der Waals surface area contributed by atoms with Gasteiger partial charge in [0.15, 0.2) is 0 Å². The first-order valence-corrected chi connectivity index (χ1v) is 6.95. The number of carbonyl (C=O) groups is 2. The van der Waals surface area contributed by atoms with Gasteiger partial charge in [0.1, 0.15) is 6.54 Å². The van der Waals surface area contributed by atoms with Gasteiger partial charge in [-0.3, -0.25) is 9.59 Å². The van der Waals surface area contributed by atoms with Crippen LogP contribution in [0, 0.1) is 0 Å². The Morgan fingerprint density at radius 2 is 1.65 bits per heavy atom. The topological polar surface area (TPSA) is 58.2 Å². The van der Waals surface area contributed by atoms with E-state index in [0.29, 0.717) is 5.56 Å². The zero-order chi connectivity index (χ0) is 16.9. The Hall–Kier alpha value is -2.57. The fraction of sp³-hybridized carbons (Fsp3) is 0.250. The molecule has 2 aromatic carbocycles. The van der Waals surface area contributed by atoms with Gasteiger partial charge in [-0.25, -0.2) is 0 Å². The van der Waals surface area contributed by atoms with Gasteiger partial charge >= 0.3 is 6.18 Å². The van der Waals surface area contributed by atoms with Gasteiger partial charge < -0.3 is 10.6 Å². The van der Waals surface area contributed by atoms with E-state index in [0.717, 1.165) is 10.8 Å². The lowest BCUT2D eigenvalue weighted by Crippen LogP contribution is -2.36. The first-order chi connectivity index (χ1) is 10.8. The number of benzene rings is 2. The molecule has 2 amide bonds. The lowest BCUT2D eigenvalue weighted by Gasteiger charge is -2.09. The zero-order valence-electron chi connectivity index (χ0n) is 12.1. The molecule has 7 heteroatoms. The van der Waals surface area contributed by atoms with E-state index in [1.807, 2.05) is 24.3 Å². The van der Waals surface area contributed by atoms with E-state index in [9.17, 15) is 22.8 Å². The lowest BCUT2D eigenvalue weighted by molar-refractivity contribution is -0.138. The van der Waals surface area contributed by atoms with Gasteiger partial charge in [-0.2, -0.15) is 13.2 Å². The highest BCUT2D eigenvalue weighted by atomic mass is 19.4. The summed E-state index contributed by atoms with van der Waals surface area (Å²) in [5.41, 5.74) is 0.430. The van der Waals surface area contributed by atoms with E-state index < -0.39 is 18.6 Å². The van der Waals surface area contributed by atoms with Gasteiger partial charge in [-0.1, -0.05) is 30.3 Å². The van der Waals surface area contributed by atoms with E-state index in [1.165, 1.54) is 0 Å². The van der Waals surface area contributed by atoms with Gasteiger partial charge in [-0.15, -0.1) is 0 Å². The molecule has 23 heavy (non-hydrogen) atoms. The standard InChI is InChI=1S/C16H15F3N2O2/c17-16(18,19)10-21-14(22)7-8-20-15(23)13-6-5-11-3-1-2-4-12(11)9-13/h1-6,9H,7-8,10H2,(H,20,23)(H,21,22). The van der Waals surface area contributed by atoms with Crippen molar-refractivity contribution in [2.75, 3.05) is 13.1 Å². The summed E-state index contributed by atoms with van der Waals surface area (Å²) in [6.45, 7) is -1.40. The Labute approximate surface area is 130 Å². The summed E-state index contributed by atoms with van der Waals surface area (Å²) in [6.07, 6.45) is -4.65. The van der Waals surface area contributed by atoms with Crippen molar-refractivity contribution in [1.29, 1.82) is 0 Å². The maximum Gasteiger partial charge on any atom is 0.405 e. The second-order valence-corrected chi connectivity index (χ2v) is 4.96. The van der Waals surface area contributed by atoms with Crippen LogP contribution in [0.2, 0.25) is 0 Å². The van der Waals surface area contributed by atoms with Crippen molar-refractivity contribution >= 4 is 22.6 Å². The van der Waals surface area contributed by atoms with Crippen LogP contribution in [0.15, 0.2) is 42.5 Å². The molecule has 0 bridgehead atoms. The third-order valence-corrected chi connectivity index (χ3v) is 3.14. The van der Waals surface area contributed by atoms with Gasteiger partial charge in [-0.05, 0) is 22.9 Å². The van der Waals surface area contributed by atoms with Crippen LogP contribution in [0.25, 0.3) is 10.8 Å². The molecule has 0 aliphatic rings. The molecule has 2 N–H and O–H groups in total. The van der Waals surface area contributed by atoms with Crippen molar-refractivity contribution < 1.29 is 22.8 Å². The number of rotatable bonds is 5. The number of hydrogen-bond acceptors (Lipinski definition) is 2. The Morgan fingerprint density at radius 3 is 2.35 bits per heavy atom. The normalized spacial score (nSPS) is 11.3. The number of carbonyl (C=O) groups excluding carboxylic acids is 2. The molecule has 0 fully saturated rings. The summed E-state index contributed by atoms with van der Waals surface area (Å²) < 4.78 is 35.8. The number of hydrogen-bond donors (Lipinski definition) is 2. The average Bonchev–Trinajstić information content (AvgIpc) is 2.51. The molecule has 0 atom stereocenters. The first-order valence-electron chi connectivity index (χ1n) is 6.95. The van der Waals surface area contributed by atoms with Crippen molar-refractivity contribution in [3.63, 3.8) is 0 Å². The molecule has 0 saturated heterocycles. The quantitative estimate of drug-likeness (QED) is 0.888. The smallest absolute Gasteiger partial charge is 0.352 e. The van der Waals surface area contributed by atoms with Crippen molar-refractivity contribution in [1.82, 2.24) is 10.6 Å². The maximum atomic E-state index is 12.0. The van der Waals surface area contributed by atoms with Crippen LogP contribution in [-0.2, 0) is 4.79 Å². The molecule has 0 aliphatic heterocycles. The predicted molar refractivity (Wildman–Crippen MR) is 80.0 cm³/mol. The minimum Gasteiger partial charge on any atom is -0.352 e. The second kappa shape index (κ2) is 7.13. The molecule has 2 rings (SSSR count). The van der Waals surface area contributed by atoms with Crippen molar-refractivity contribution in [3.05, 3.63) is 48.0 Å². The molecular formula is C16H15F3N2O2. The van der Waals surface area contributed by atoms with E-state index in [2.05, 4.69) is 5.32 Å². The van der Waals surface area contributed by atoms with Crippen molar-refractivity contribution in [2.45, 2.75) is 12.6 Å². The minimum atomic E-state index is -4.44. The van der Waals surface area contributed by atoms with Crippen molar-refractivity contribution in [2.24, 2.45) is 0 Å². The summed E-state index contributed by atoms with van der Waals surface area (Å²) in [5.74, 6) is -1.14. The van der Waals surface area contributed by atoms with Gasteiger partial charge in [0.2, 0.25) is 5.91 Å². The molecule has 4 nitrogen and oxygen atoms in total. The minimum absolute atomic E-state index is 0.0324. The van der Waals surface area contributed by atoms with Gasteiger partial charge in [0.05, 0.1) is 0 Å². The molecule has 122 valence electrons. The van der Waals surface area contributed by atoms with Crippen molar-refractivity contribution in [3.8, 4) is 0 Å². The Balaban J connectivity index is 1.83. The van der Waals surface area contributed by atoms with Gasteiger partial charge in [0, 0.05) is 18.5 Å². The molecule has 0 aromatic heterocycles. The highest BCUT2D eigenvalue weighted by molar-refractivity contribution is 5.98. The third kappa shape index (κ3) is 5.28. The van der Waals surface area contributed by atoms with Crippen LogP contribution in [0.3, 0.4) is 0 Å².